The number of rotatable bonds is 15. The number of Topliss-reactive ketones (excluding diaryl/α,β-unsaturated/α-hetero) is 1. The van der Waals surface area contributed by atoms with Crippen LogP contribution in [0.25, 0.3) is 10.8 Å². The minimum Gasteiger partial charge on any atom is -0.478 e. The highest BCUT2D eigenvalue weighted by molar-refractivity contribution is 6.04. The Morgan fingerprint density at radius 2 is 1.63 bits per heavy atom. The molecule has 35 heavy (non-hydrogen) atoms. The summed E-state index contributed by atoms with van der Waals surface area (Å²) in [5.74, 6) is -3.34. The molecule has 0 heterocycles. The van der Waals surface area contributed by atoms with E-state index in [1.165, 1.54) is 5.48 Å². The van der Waals surface area contributed by atoms with Crippen molar-refractivity contribution in [1.82, 2.24) is 16.1 Å². The molecule has 5 N–H and O–H groups in total. The number of benzene rings is 2. The van der Waals surface area contributed by atoms with Crippen molar-refractivity contribution in [2.45, 2.75) is 52.5 Å². The highest BCUT2D eigenvalue weighted by Crippen LogP contribution is 2.23. The fourth-order valence-electron chi connectivity index (χ4n) is 3.95. The minimum absolute atomic E-state index is 0.0789. The number of hydrogen-bond donors (Lipinski definition) is 5. The van der Waals surface area contributed by atoms with E-state index in [0.29, 0.717) is 19.4 Å². The van der Waals surface area contributed by atoms with Crippen molar-refractivity contribution in [3.05, 3.63) is 47.5 Å². The first-order chi connectivity index (χ1) is 16.7. The van der Waals surface area contributed by atoms with E-state index in [4.69, 9.17) is 5.21 Å². The smallest absolute Gasteiger partial charge is 0.336 e. The molecule has 9 heteroatoms. The Morgan fingerprint density at radius 3 is 2.29 bits per heavy atom. The van der Waals surface area contributed by atoms with Gasteiger partial charge in [0.25, 0.3) is 5.91 Å². The molecule has 0 aliphatic rings. The van der Waals surface area contributed by atoms with Crippen LogP contribution in [-0.2, 0) is 20.9 Å². The van der Waals surface area contributed by atoms with Gasteiger partial charge in [-0.05, 0) is 54.1 Å². The van der Waals surface area contributed by atoms with Gasteiger partial charge in [-0.3, -0.25) is 19.6 Å². The molecule has 2 amide bonds. The molecule has 0 saturated carbocycles. The van der Waals surface area contributed by atoms with Gasteiger partial charge >= 0.3 is 5.97 Å². The third-order valence-corrected chi connectivity index (χ3v) is 5.78. The van der Waals surface area contributed by atoms with Crippen molar-refractivity contribution < 1.29 is 29.5 Å². The highest BCUT2D eigenvalue weighted by atomic mass is 16.5. The summed E-state index contributed by atoms with van der Waals surface area (Å²) in [7, 11) is 0. The molecule has 2 rings (SSSR count). The molecular formula is C26H35N3O6. The molecule has 0 spiro atoms. The first kappa shape index (κ1) is 27.9. The van der Waals surface area contributed by atoms with Crippen molar-refractivity contribution in [3.8, 4) is 0 Å². The normalized spacial score (nSPS) is 11.9. The summed E-state index contributed by atoms with van der Waals surface area (Å²) >= 11 is 0. The zero-order chi connectivity index (χ0) is 25.8. The van der Waals surface area contributed by atoms with Crippen molar-refractivity contribution in [1.29, 1.82) is 0 Å². The molecule has 0 fully saturated rings. The Bertz CT molecular complexity index is 1040. The van der Waals surface area contributed by atoms with Gasteiger partial charge in [-0.25, -0.2) is 10.3 Å². The molecule has 9 nitrogen and oxygen atoms in total. The molecule has 1 atom stereocenters. The van der Waals surface area contributed by atoms with Crippen molar-refractivity contribution in [2.24, 2.45) is 11.8 Å². The Kier molecular flexibility index (Phi) is 11.3. The molecule has 0 radical (unpaired) electrons. The van der Waals surface area contributed by atoms with Crippen LogP contribution in [0, 0.1) is 11.8 Å². The number of aromatic carboxylic acids is 1. The van der Waals surface area contributed by atoms with Gasteiger partial charge in [0.15, 0.2) is 5.78 Å². The molecule has 1 unspecified atom stereocenters. The molecule has 0 bridgehead atoms. The van der Waals surface area contributed by atoms with E-state index < -0.39 is 23.7 Å². The molecule has 0 aliphatic heterocycles. The molecule has 0 aliphatic carbocycles. The van der Waals surface area contributed by atoms with Crippen LogP contribution in [0.4, 0.5) is 0 Å². The Morgan fingerprint density at radius 1 is 0.914 bits per heavy atom. The number of fused-ring (bicyclic) bond motifs is 1. The van der Waals surface area contributed by atoms with Crippen LogP contribution in [0.5, 0.6) is 0 Å². The number of amides is 2. The summed E-state index contributed by atoms with van der Waals surface area (Å²) in [6.45, 7) is 4.96. The lowest BCUT2D eigenvalue weighted by atomic mass is 9.95. The second-order valence-corrected chi connectivity index (χ2v) is 9.03. The summed E-state index contributed by atoms with van der Waals surface area (Å²) in [5.41, 5.74) is 2.83. The maximum absolute atomic E-state index is 12.2. The standard InChI is InChI=1S/C26H35N3O6/c1-17(2)14-23(25(32)29-35)24(31)28-16-19(30)8-4-3-7-13-27-15-18-11-12-22(26(33)34)21-10-6-5-9-20(18)21/h5-6,9-12,17,23,27,35H,3-4,7-8,13-16H2,1-2H3,(H,28,31)(H,29,32)(H,33,34). The summed E-state index contributed by atoms with van der Waals surface area (Å²) in [4.78, 5) is 47.4. The van der Waals surface area contributed by atoms with Crippen LogP contribution in [-0.4, -0.2) is 47.0 Å². The van der Waals surface area contributed by atoms with Crippen molar-refractivity contribution in [3.63, 3.8) is 0 Å². The van der Waals surface area contributed by atoms with Crippen LogP contribution in [0.2, 0.25) is 0 Å². The maximum Gasteiger partial charge on any atom is 0.336 e. The fraction of sp³-hybridized carbons (Fsp3) is 0.462. The number of carbonyl (C=O) groups is 4. The van der Waals surface area contributed by atoms with Crippen LogP contribution < -0.4 is 16.1 Å². The number of nitrogens with one attached hydrogen (secondary N) is 3. The van der Waals surface area contributed by atoms with Crippen LogP contribution in [0.3, 0.4) is 0 Å². The van der Waals surface area contributed by atoms with Gasteiger partial charge in [-0.15, -0.1) is 0 Å². The Balaban J connectivity index is 1.67. The van der Waals surface area contributed by atoms with Gasteiger partial charge in [0, 0.05) is 13.0 Å². The molecule has 0 saturated heterocycles. The van der Waals surface area contributed by atoms with E-state index in [2.05, 4.69) is 10.6 Å². The largest absolute Gasteiger partial charge is 0.478 e. The molecule has 2 aromatic rings. The average Bonchev–Trinajstić information content (AvgIpc) is 2.84. The fourth-order valence-corrected chi connectivity index (χ4v) is 3.95. The van der Waals surface area contributed by atoms with E-state index in [9.17, 15) is 24.3 Å². The Hall–Kier alpha value is -3.30. The van der Waals surface area contributed by atoms with Crippen LogP contribution in [0.1, 0.15) is 61.9 Å². The predicted molar refractivity (Wildman–Crippen MR) is 132 cm³/mol. The van der Waals surface area contributed by atoms with E-state index in [-0.39, 0.29) is 30.2 Å². The number of ketones is 1. The zero-order valence-corrected chi connectivity index (χ0v) is 20.3. The van der Waals surface area contributed by atoms with E-state index in [1.54, 1.807) is 6.07 Å². The number of carboxylic acid groups (broad SMARTS) is 1. The molecule has 0 aromatic heterocycles. The number of unbranched alkanes of at least 4 members (excludes halogenated alkanes) is 2. The monoisotopic (exact) mass is 485 g/mol. The van der Waals surface area contributed by atoms with Gasteiger partial charge in [0.1, 0.15) is 5.92 Å². The first-order valence-corrected chi connectivity index (χ1v) is 11.9. The van der Waals surface area contributed by atoms with Gasteiger partial charge in [-0.2, -0.15) is 0 Å². The van der Waals surface area contributed by atoms with Gasteiger partial charge in [0.2, 0.25) is 5.91 Å². The summed E-state index contributed by atoms with van der Waals surface area (Å²) in [5, 5.41) is 25.7. The van der Waals surface area contributed by atoms with Crippen LogP contribution >= 0.6 is 0 Å². The molecule has 2 aromatic carbocycles. The van der Waals surface area contributed by atoms with Gasteiger partial charge in [0.05, 0.1) is 12.1 Å². The molecular weight excluding hydrogens is 450 g/mol. The maximum atomic E-state index is 12.2. The van der Waals surface area contributed by atoms with Gasteiger partial charge in [-0.1, -0.05) is 50.6 Å². The van der Waals surface area contributed by atoms with Gasteiger partial charge < -0.3 is 15.7 Å². The lowest BCUT2D eigenvalue weighted by Crippen LogP contribution is -2.42. The predicted octanol–water partition coefficient (Wildman–Crippen LogP) is 3.04. The van der Waals surface area contributed by atoms with E-state index >= 15 is 0 Å². The second kappa shape index (κ2) is 14.2. The third kappa shape index (κ3) is 8.77. The zero-order valence-electron chi connectivity index (χ0n) is 20.3. The second-order valence-electron chi connectivity index (χ2n) is 9.03. The average molecular weight is 486 g/mol. The lowest BCUT2D eigenvalue weighted by molar-refractivity contribution is -0.142. The SMILES string of the molecule is CC(C)CC(C(=O)NO)C(=O)NCC(=O)CCCCCNCc1ccc(C(=O)O)c2ccccc12. The quantitative estimate of drug-likeness (QED) is 0.113. The van der Waals surface area contributed by atoms with E-state index in [0.717, 1.165) is 35.7 Å². The van der Waals surface area contributed by atoms with E-state index in [1.807, 2.05) is 44.2 Å². The number of carboxylic acids is 1. The van der Waals surface area contributed by atoms with Crippen LogP contribution in [0.15, 0.2) is 36.4 Å². The highest BCUT2D eigenvalue weighted by Gasteiger charge is 2.27. The minimum atomic E-state index is -1.03. The number of hydrogen-bond acceptors (Lipinski definition) is 6. The Labute approximate surface area is 205 Å². The lowest BCUT2D eigenvalue weighted by Gasteiger charge is -2.16. The molecule has 190 valence electrons. The van der Waals surface area contributed by atoms with Crippen molar-refractivity contribution >= 4 is 34.3 Å². The first-order valence-electron chi connectivity index (χ1n) is 11.9. The number of hydroxylamine groups is 1. The third-order valence-electron chi connectivity index (χ3n) is 5.78. The number of carbonyl (C=O) groups excluding carboxylic acids is 3. The summed E-state index contributed by atoms with van der Waals surface area (Å²) in [6.07, 6.45) is 3.02. The summed E-state index contributed by atoms with van der Waals surface area (Å²) < 4.78 is 0. The summed E-state index contributed by atoms with van der Waals surface area (Å²) in [6, 6.07) is 10.9. The van der Waals surface area contributed by atoms with Crippen molar-refractivity contribution in [2.75, 3.05) is 13.1 Å². The topological polar surface area (TPSA) is 145 Å².